The van der Waals surface area contributed by atoms with Crippen LogP contribution in [0.5, 0.6) is 0 Å². The second kappa shape index (κ2) is 4.75. The van der Waals surface area contributed by atoms with E-state index < -0.39 is 0 Å². The first-order valence-electron chi connectivity index (χ1n) is 2.87. The van der Waals surface area contributed by atoms with Crippen molar-refractivity contribution in [2.45, 2.75) is 19.8 Å². The quantitative estimate of drug-likeness (QED) is 0.166. The molecular weight excluding hydrogens is 134 g/mol. The van der Waals surface area contributed by atoms with E-state index in [9.17, 15) is 4.79 Å². The maximum atomic E-state index is 10.5. The molecule has 58 valence electrons. The van der Waals surface area contributed by atoms with Crippen molar-refractivity contribution >= 4 is 11.6 Å². The molecule has 0 unspecified atom stereocenters. The van der Waals surface area contributed by atoms with Crippen LogP contribution in [0.3, 0.4) is 0 Å². The molecule has 0 bridgehead atoms. The summed E-state index contributed by atoms with van der Waals surface area (Å²) in [5.41, 5.74) is 2.49. The lowest BCUT2D eigenvalue weighted by Gasteiger charge is -1.96. The van der Waals surface area contributed by atoms with Crippen molar-refractivity contribution in [3.05, 3.63) is 0 Å². The third-order valence-electron chi connectivity index (χ3n) is 1.05. The van der Waals surface area contributed by atoms with Crippen LogP contribution in [0.2, 0.25) is 0 Å². The van der Waals surface area contributed by atoms with Gasteiger partial charge in [0.1, 0.15) is 0 Å². The lowest BCUT2D eigenvalue weighted by Crippen LogP contribution is -2.30. The molecule has 0 atom stereocenters. The lowest BCUT2D eigenvalue weighted by molar-refractivity contribution is -0.121. The zero-order valence-electron chi connectivity index (χ0n) is 5.79. The van der Waals surface area contributed by atoms with Gasteiger partial charge in [0.05, 0.1) is 5.71 Å². The fourth-order valence-electron chi connectivity index (χ4n) is 0.417. The van der Waals surface area contributed by atoms with Crippen molar-refractivity contribution in [3.8, 4) is 0 Å². The van der Waals surface area contributed by atoms with Gasteiger partial charge in [0.2, 0.25) is 5.91 Å². The molecule has 0 radical (unpaired) electrons. The third-order valence-corrected chi connectivity index (χ3v) is 1.05. The highest BCUT2D eigenvalue weighted by Crippen LogP contribution is 1.90. The fourth-order valence-corrected chi connectivity index (χ4v) is 0.417. The van der Waals surface area contributed by atoms with Crippen LogP contribution in [0.25, 0.3) is 0 Å². The Morgan fingerprint density at radius 3 is 2.70 bits per heavy atom. The van der Waals surface area contributed by atoms with Crippen molar-refractivity contribution in [2.24, 2.45) is 11.0 Å². The fraction of sp³-hybridized carbons (Fsp3) is 0.600. The molecule has 0 aromatic heterocycles. The van der Waals surface area contributed by atoms with Crippen molar-refractivity contribution < 1.29 is 10.0 Å². The number of nitrogens with one attached hydrogen (secondary N) is 1. The molecule has 0 aliphatic rings. The van der Waals surface area contributed by atoms with Crippen molar-refractivity contribution in [1.82, 2.24) is 5.43 Å². The number of hydrazine groups is 1. The van der Waals surface area contributed by atoms with Crippen LogP contribution in [-0.4, -0.2) is 16.8 Å². The van der Waals surface area contributed by atoms with Gasteiger partial charge in [-0.3, -0.25) is 10.2 Å². The summed E-state index contributed by atoms with van der Waals surface area (Å²) in [6.07, 6.45) is 0.686. The summed E-state index contributed by atoms with van der Waals surface area (Å²) in [6.45, 7) is 1.63. The normalized spacial score (nSPS) is 11.2. The van der Waals surface area contributed by atoms with Gasteiger partial charge in [-0.05, 0) is 13.3 Å². The van der Waals surface area contributed by atoms with Gasteiger partial charge in [0, 0.05) is 6.42 Å². The molecule has 5 nitrogen and oxygen atoms in total. The number of carbonyl (C=O) groups is 1. The van der Waals surface area contributed by atoms with Gasteiger partial charge in [0.25, 0.3) is 0 Å². The van der Waals surface area contributed by atoms with Gasteiger partial charge in [0.15, 0.2) is 0 Å². The van der Waals surface area contributed by atoms with Crippen molar-refractivity contribution in [3.63, 3.8) is 0 Å². The van der Waals surface area contributed by atoms with E-state index in [1.54, 1.807) is 6.92 Å². The van der Waals surface area contributed by atoms with Crippen LogP contribution in [0.15, 0.2) is 5.16 Å². The van der Waals surface area contributed by atoms with E-state index in [4.69, 9.17) is 11.0 Å². The summed E-state index contributed by atoms with van der Waals surface area (Å²) < 4.78 is 0. The first kappa shape index (κ1) is 8.90. The number of oxime groups is 1. The number of hydrogen-bond acceptors (Lipinski definition) is 4. The smallest absolute Gasteiger partial charge is 0.234 e. The maximum absolute atomic E-state index is 10.5. The summed E-state index contributed by atoms with van der Waals surface area (Å²) in [5, 5.41) is 11.0. The molecule has 0 aliphatic heterocycles. The van der Waals surface area contributed by atoms with E-state index in [-0.39, 0.29) is 12.3 Å². The minimum absolute atomic E-state index is 0.256. The Labute approximate surface area is 58.9 Å². The van der Waals surface area contributed by atoms with Gasteiger partial charge < -0.3 is 5.21 Å². The van der Waals surface area contributed by atoms with Crippen molar-refractivity contribution in [2.75, 3.05) is 0 Å². The van der Waals surface area contributed by atoms with E-state index in [0.717, 1.165) is 0 Å². The van der Waals surface area contributed by atoms with Gasteiger partial charge in [-0.15, -0.1) is 0 Å². The van der Waals surface area contributed by atoms with Gasteiger partial charge in [-0.2, -0.15) is 0 Å². The summed E-state index contributed by atoms with van der Waals surface area (Å²) in [5.74, 6) is 4.54. The molecule has 0 aromatic carbocycles. The first-order valence-corrected chi connectivity index (χ1v) is 2.87. The predicted octanol–water partition coefficient (Wildman–Crippen LogP) is -0.393. The van der Waals surface area contributed by atoms with Crippen LogP contribution in [0.1, 0.15) is 19.8 Å². The maximum Gasteiger partial charge on any atom is 0.234 e. The predicted molar refractivity (Wildman–Crippen MR) is 36.5 cm³/mol. The zero-order chi connectivity index (χ0) is 7.98. The van der Waals surface area contributed by atoms with Crippen LogP contribution in [-0.2, 0) is 4.79 Å². The Morgan fingerprint density at radius 2 is 2.30 bits per heavy atom. The van der Waals surface area contributed by atoms with Gasteiger partial charge in [-0.1, -0.05) is 5.16 Å². The number of amides is 1. The molecule has 0 saturated carbocycles. The number of nitrogens with zero attached hydrogens (tertiary/aromatic N) is 1. The molecule has 0 spiro atoms. The highest BCUT2D eigenvalue weighted by molar-refractivity contribution is 5.86. The number of nitrogens with two attached hydrogens (primary N) is 1. The Hall–Kier alpha value is -1.10. The summed E-state index contributed by atoms with van der Waals surface area (Å²) >= 11 is 0. The average Bonchev–Trinajstić information content (AvgIpc) is 1.99. The molecule has 0 aliphatic carbocycles. The molecule has 5 heteroatoms. The molecule has 0 aromatic rings. The average molecular weight is 145 g/mol. The second-order valence-corrected chi connectivity index (χ2v) is 1.90. The van der Waals surface area contributed by atoms with Crippen LogP contribution in [0, 0.1) is 0 Å². The van der Waals surface area contributed by atoms with E-state index >= 15 is 0 Å². The van der Waals surface area contributed by atoms with E-state index in [1.807, 2.05) is 5.43 Å². The molecular formula is C5H11N3O2. The monoisotopic (exact) mass is 145 g/mol. The largest absolute Gasteiger partial charge is 0.411 e. The highest BCUT2D eigenvalue weighted by atomic mass is 16.4. The number of carbonyl (C=O) groups excluding carboxylic acids is 1. The molecule has 0 heterocycles. The summed E-state index contributed by atoms with van der Waals surface area (Å²) in [7, 11) is 0. The second-order valence-electron chi connectivity index (χ2n) is 1.90. The topological polar surface area (TPSA) is 87.7 Å². The van der Waals surface area contributed by atoms with E-state index in [0.29, 0.717) is 12.1 Å². The van der Waals surface area contributed by atoms with E-state index in [2.05, 4.69) is 5.16 Å². The minimum Gasteiger partial charge on any atom is -0.411 e. The molecule has 0 saturated heterocycles. The van der Waals surface area contributed by atoms with Gasteiger partial charge in [-0.25, -0.2) is 5.84 Å². The molecule has 10 heavy (non-hydrogen) atoms. The summed E-state index contributed by atoms with van der Waals surface area (Å²) in [4.78, 5) is 10.5. The molecule has 1 amide bonds. The Kier molecular flexibility index (Phi) is 4.23. The number of hydrogen-bond donors (Lipinski definition) is 3. The van der Waals surface area contributed by atoms with Crippen LogP contribution in [0.4, 0.5) is 0 Å². The van der Waals surface area contributed by atoms with Crippen LogP contribution >= 0.6 is 0 Å². The molecule has 0 rings (SSSR count). The Morgan fingerprint density at radius 1 is 1.70 bits per heavy atom. The molecule has 0 fully saturated rings. The van der Waals surface area contributed by atoms with Gasteiger partial charge >= 0.3 is 0 Å². The van der Waals surface area contributed by atoms with Crippen LogP contribution < -0.4 is 11.3 Å². The zero-order valence-corrected chi connectivity index (χ0v) is 5.79. The Bertz CT molecular complexity index is 144. The minimum atomic E-state index is -0.261. The summed E-state index contributed by atoms with van der Waals surface area (Å²) in [6, 6.07) is 0. The third kappa shape index (κ3) is 3.85. The SMILES string of the molecule is C/C(CCC(=O)NN)=N\O. The standard InChI is InChI=1S/C5H11N3O2/c1-4(8-10)2-3-5(9)7-6/h10H,2-3,6H2,1H3,(H,7,9)/b8-4+. The van der Waals surface area contributed by atoms with E-state index in [1.165, 1.54) is 0 Å². The highest BCUT2D eigenvalue weighted by Gasteiger charge is 1.98. The van der Waals surface area contributed by atoms with Crippen molar-refractivity contribution in [1.29, 1.82) is 0 Å². The Balaban J connectivity index is 3.45. The number of rotatable bonds is 3. The lowest BCUT2D eigenvalue weighted by atomic mass is 10.2. The molecule has 4 N–H and O–H groups in total. The first-order chi connectivity index (χ1) is 4.70.